The van der Waals surface area contributed by atoms with Crippen LogP contribution in [0, 0.1) is 6.92 Å². The lowest BCUT2D eigenvalue weighted by Crippen LogP contribution is -2.16. The summed E-state index contributed by atoms with van der Waals surface area (Å²) in [4.78, 5) is 11.5. The van der Waals surface area contributed by atoms with Gasteiger partial charge in [-0.1, -0.05) is 0 Å². The van der Waals surface area contributed by atoms with Gasteiger partial charge in [-0.2, -0.15) is 0 Å². The minimum atomic E-state index is -0.129. The Labute approximate surface area is 101 Å². The zero-order chi connectivity index (χ0) is 12.8. The minimum absolute atomic E-state index is 0.129. The zero-order valence-electron chi connectivity index (χ0n) is 10.4. The van der Waals surface area contributed by atoms with E-state index in [0.717, 1.165) is 11.3 Å². The third-order valence-corrected chi connectivity index (χ3v) is 2.43. The van der Waals surface area contributed by atoms with Gasteiger partial charge in [-0.25, -0.2) is 0 Å². The number of carbonyl (C=O) groups excluding carboxylic acids is 1. The van der Waals surface area contributed by atoms with E-state index in [1.165, 1.54) is 0 Å². The van der Waals surface area contributed by atoms with Gasteiger partial charge in [0.15, 0.2) is 0 Å². The summed E-state index contributed by atoms with van der Waals surface area (Å²) in [5.41, 5.74) is 6.79. The maximum atomic E-state index is 11.5. The molecule has 94 valence electrons. The van der Waals surface area contributed by atoms with Crippen molar-refractivity contribution in [1.29, 1.82) is 0 Å². The molecule has 0 unspecified atom stereocenters. The summed E-state index contributed by atoms with van der Waals surface area (Å²) in [6.07, 6.45) is 0.286. The van der Waals surface area contributed by atoms with Crippen molar-refractivity contribution in [3.05, 3.63) is 17.7 Å². The monoisotopic (exact) mass is 238 g/mol. The SMILES string of the molecule is COc1ccc(NC(=O)CCN)c(OC)c1C. The zero-order valence-corrected chi connectivity index (χ0v) is 10.4. The fourth-order valence-electron chi connectivity index (χ4n) is 1.60. The van der Waals surface area contributed by atoms with Crippen molar-refractivity contribution in [2.75, 3.05) is 26.1 Å². The molecule has 0 atom stereocenters. The molecule has 17 heavy (non-hydrogen) atoms. The van der Waals surface area contributed by atoms with E-state index in [1.54, 1.807) is 26.4 Å². The molecular weight excluding hydrogens is 220 g/mol. The molecule has 1 rings (SSSR count). The fourth-order valence-corrected chi connectivity index (χ4v) is 1.60. The van der Waals surface area contributed by atoms with E-state index in [2.05, 4.69) is 5.32 Å². The standard InChI is InChI=1S/C12H18N2O3/c1-8-10(16-2)5-4-9(12(8)17-3)14-11(15)6-7-13/h4-5H,6-7,13H2,1-3H3,(H,14,15). The Kier molecular flexibility index (Phi) is 4.78. The number of hydrogen-bond acceptors (Lipinski definition) is 4. The summed E-state index contributed by atoms with van der Waals surface area (Å²) in [5, 5.41) is 2.76. The largest absolute Gasteiger partial charge is 0.496 e. The van der Waals surface area contributed by atoms with Gasteiger partial charge < -0.3 is 20.5 Å². The molecule has 0 saturated heterocycles. The number of nitrogens with two attached hydrogens (primary N) is 1. The van der Waals surface area contributed by atoms with E-state index in [1.807, 2.05) is 6.92 Å². The summed E-state index contributed by atoms with van der Waals surface area (Å²) < 4.78 is 10.5. The first kappa shape index (κ1) is 13.3. The number of ether oxygens (including phenoxy) is 2. The smallest absolute Gasteiger partial charge is 0.225 e. The molecule has 0 bridgehead atoms. The van der Waals surface area contributed by atoms with E-state index in [0.29, 0.717) is 18.0 Å². The van der Waals surface area contributed by atoms with Crippen LogP contribution in [0.5, 0.6) is 11.5 Å². The summed E-state index contributed by atoms with van der Waals surface area (Å²) >= 11 is 0. The highest BCUT2D eigenvalue weighted by atomic mass is 16.5. The number of rotatable bonds is 5. The molecule has 1 aromatic rings. The van der Waals surface area contributed by atoms with Crippen LogP contribution in [0.2, 0.25) is 0 Å². The van der Waals surface area contributed by atoms with Gasteiger partial charge in [0.05, 0.1) is 19.9 Å². The van der Waals surface area contributed by atoms with Crippen LogP contribution < -0.4 is 20.5 Å². The molecule has 3 N–H and O–H groups in total. The molecule has 0 radical (unpaired) electrons. The second-order valence-corrected chi connectivity index (χ2v) is 3.56. The van der Waals surface area contributed by atoms with E-state index in [4.69, 9.17) is 15.2 Å². The molecule has 0 heterocycles. The highest BCUT2D eigenvalue weighted by Crippen LogP contribution is 2.34. The lowest BCUT2D eigenvalue weighted by Gasteiger charge is -2.14. The Bertz CT molecular complexity index is 405. The first-order valence-electron chi connectivity index (χ1n) is 5.35. The molecule has 1 aromatic carbocycles. The van der Waals surface area contributed by atoms with Crippen molar-refractivity contribution >= 4 is 11.6 Å². The van der Waals surface area contributed by atoms with E-state index >= 15 is 0 Å². The molecular formula is C12H18N2O3. The molecule has 0 aliphatic carbocycles. The maximum absolute atomic E-state index is 11.5. The second kappa shape index (κ2) is 6.10. The Morgan fingerprint density at radius 2 is 2.06 bits per heavy atom. The van der Waals surface area contributed by atoms with Crippen molar-refractivity contribution in [1.82, 2.24) is 0 Å². The highest BCUT2D eigenvalue weighted by Gasteiger charge is 2.12. The molecule has 5 heteroatoms. The van der Waals surface area contributed by atoms with Crippen LogP contribution in [0.25, 0.3) is 0 Å². The van der Waals surface area contributed by atoms with Crippen LogP contribution in [0.15, 0.2) is 12.1 Å². The van der Waals surface area contributed by atoms with Gasteiger partial charge in [-0.15, -0.1) is 0 Å². The topological polar surface area (TPSA) is 73.6 Å². The molecule has 5 nitrogen and oxygen atoms in total. The lowest BCUT2D eigenvalue weighted by atomic mass is 10.1. The Hall–Kier alpha value is -1.75. The number of benzene rings is 1. The fraction of sp³-hybridized carbons (Fsp3) is 0.417. The summed E-state index contributed by atoms with van der Waals surface area (Å²) in [7, 11) is 3.15. The average Bonchev–Trinajstić information content (AvgIpc) is 2.30. The van der Waals surface area contributed by atoms with Crippen molar-refractivity contribution in [3.63, 3.8) is 0 Å². The normalized spacial score (nSPS) is 9.88. The predicted octanol–water partition coefficient (Wildman–Crippen LogP) is 1.30. The van der Waals surface area contributed by atoms with Crippen LogP contribution in [-0.4, -0.2) is 26.7 Å². The molecule has 0 aromatic heterocycles. The summed E-state index contributed by atoms with van der Waals surface area (Å²) in [5.74, 6) is 1.20. The first-order valence-corrected chi connectivity index (χ1v) is 5.35. The van der Waals surface area contributed by atoms with Crippen molar-refractivity contribution in [3.8, 4) is 11.5 Å². The molecule has 0 spiro atoms. The first-order chi connectivity index (χ1) is 8.13. The lowest BCUT2D eigenvalue weighted by molar-refractivity contribution is -0.116. The molecule has 0 aliphatic heterocycles. The van der Waals surface area contributed by atoms with Crippen LogP contribution in [-0.2, 0) is 4.79 Å². The predicted molar refractivity (Wildman–Crippen MR) is 66.6 cm³/mol. The third-order valence-electron chi connectivity index (χ3n) is 2.43. The number of carbonyl (C=O) groups is 1. The minimum Gasteiger partial charge on any atom is -0.496 e. The van der Waals surface area contributed by atoms with Crippen LogP contribution in [0.3, 0.4) is 0 Å². The summed E-state index contributed by atoms with van der Waals surface area (Å²) in [6, 6.07) is 3.54. The van der Waals surface area contributed by atoms with Gasteiger partial charge in [-0.05, 0) is 19.1 Å². The van der Waals surface area contributed by atoms with Gasteiger partial charge in [-0.3, -0.25) is 4.79 Å². The molecule has 0 fully saturated rings. The van der Waals surface area contributed by atoms with Crippen LogP contribution in [0.4, 0.5) is 5.69 Å². The van der Waals surface area contributed by atoms with Crippen LogP contribution >= 0.6 is 0 Å². The molecule has 0 saturated carbocycles. The Morgan fingerprint density at radius 1 is 1.35 bits per heavy atom. The second-order valence-electron chi connectivity index (χ2n) is 3.56. The number of nitrogens with one attached hydrogen (secondary N) is 1. The van der Waals surface area contributed by atoms with Gasteiger partial charge in [0.2, 0.25) is 5.91 Å². The quantitative estimate of drug-likeness (QED) is 0.811. The maximum Gasteiger partial charge on any atom is 0.225 e. The van der Waals surface area contributed by atoms with Crippen molar-refractivity contribution in [2.24, 2.45) is 5.73 Å². The van der Waals surface area contributed by atoms with Gasteiger partial charge in [0, 0.05) is 18.5 Å². The number of hydrogen-bond donors (Lipinski definition) is 2. The Morgan fingerprint density at radius 3 is 2.59 bits per heavy atom. The Balaban J connectivity index is 3.00. The highest BCUT2D eigenvalue weighted by molar-refractivity contribution is 5.92. The van der Waals surface area contributed by atoms with Crippen molar-refractivity contribution in [2.45, 2.75) is 13.3 Å². The van der Waals surface area contributed by atoms with Crippen molar-refractivity contribution < 1.29 is 14.3 Å². The van der Waals surface area contributed by atoms with E-state index in [9.17, 15) is 4.79 Å². The van der Waals surface area contributed by atoms with Gasteiger partial charge in [0.25, 0.3) is 0 Å². The molecule has 0 aliphatic rings. The van der Waals surface area contributed by atoms with Gasteiger partial charge >= 0.3 is 0 Å². The number of anilines is 1. The summed E-state index contributed by atoms with van der Waals surface area (Å²) in [6.45, 7) is 2.19. The number of methoxy groups -OCH3 is 2. The van der Waals surface area contributed by atoms with E-state index in [-0.39, 0.29) is 12.3 Å². The number of amides is 1. The third kappa shape index (κ3) is 3.10. The average molecular weight is 238 g/mol. The van der Waals surface area contributed by atoms with Gasteiger partial charge in [0.1, 0.15) is 11.5 Å². The molecule has 1 amide bonds. The van der Waals surface area contributed by atoms with E-state index < -0.39 is 0 Å². The van der Waals surface area contributed by atoms with Crippen LogP contribution in [0.1, 0.15) is 12.0 Å².